The highest BCUT2D eigenvalue weighted by molar-refractivity contribution is 7.79. The molecule has 1 unspecified atom stereocenters. The fourth-order valence-corrected chi connectivity index (χ4v) is 2.60. The average molecular weight is 225 g/mol. The van der Waals surface area contributed by atoms with E-state index in [0.717, 1.165) is 30.4 Å². The van der Waals surface area contributed by atoms with Crippen LogP contribution in [0.2, 0.25) is 0 Å². The molecule has 0 fully saturated rings. The van der Waals surface area contributed by atoms with E-state index < -0.39 is 11.1 Å². The molecule has 0 saturated heterocycles. The van der Waals surface area contributed by atoms with Crippen LogP contribution in [0.3, 0.4) is 0 Å². The second-order valence-electron chi connectivity index (χ2n) is 3.54. The van der Waals surface area contributed by atoms with Crippen molar-refractivity contribution in [1.82, 2.24) is 0 Å². The van der Waals surface area contributed by atoms with Crippen LogP contribution >= 0.6 is 0 Å². The molecule has 0 aromatic heterocycles. The minimum absolute atomic E-state index is 0.511. The van der Waals surface area contributed by atoms with Gasteiger partial charge >= 0.3 is 0 Å². The average Bonchev–Trinajstić information content (AvgIpc) is 2.26. The van der Waals surface area contributed by atoms with Crippen molar-refractivity contribution in [1.29, 1.82) is 0 Å². The standard InChI is InChI=1S/C12H18O2S/c1-4-9-7-10(5-2)12(15(13)14)11(6-3)8-9/h7-8H,4-6H2,1-3H3,(H,13,14)/p-1. The molecule has 2 nitrogen and oxygen atoms in total. The topological polar surface area (TPSA) is 40.1 Å². The zero-order chi connectivity index (χ0) is 11.4. The smallest absolute Gasteiger partial charge is 0.0312 e. The highest BCUT2D eigenvalue weighted by atomic mass is 32.2. The highest BCUT2D eigenvalue weighted by Gasteiger charge is 2.08. The number of hydrogen-bond donors (Lipinski definition) is 0. The van der Waals surface area contributed by atoms with Gasteiger partial charge in [0.25, 0.3) is 0 Å². The molecule has 1 rings (SSSR count). The van der Waals surface area contributed by atoms with Crippen molar-refractivity contribution in [3.63, 3.8) is 0 Å². The first-order chi connectivity index (χ1) is 7.13. The normalized spacial score (nSPS) is 12.8. The van der Waals surface area contributed by atoms with E-state index in [-0.39, 0.29) is 0 Å². The molecule has 3 heteroatoms. The summed E-state index contributed by atoms with van der Waals surface area (Å²) in [6.07, 6.45) is 2.49. The second kappa shape index (κ2) is 5.42. The van der Waals surface area contributed by atoms with Crippen LogP contribution in [0.4, 0.5) is 0 Å². The fraction of sp³-hybridized carbons (Fsp3) is 0.500. The molecule has 0 aliphatic rings. The Morgan fingerprint density at radius 3 is 1.80 bits per heavy atom. The quantitative estimate of drug-likeness (QED) is 0.739. The lowest BCUT2D eigenvalue weighted by atomic mass is 10.0. The van der Waals surface area contributed by atoms with Crippen LogP contribution in [0.5, 0.6) is 0 Å². The Morgan fingerprint density at radius 1 is 1.07 bits per heavy atom. The summed E-state index contributed by atoms with van der Waals surface area (Å²) < 4.78 is 22.3. The van der Waals surface area contributed by atoms with E-state index >= 15 is 0 Å². The molecule has 0 aliphatic carbocycles. The Balaban J connectivity index is 3.39. The molecule has 0 saturated carbocycles. The summed E-state index contributed by atoms with van der Waals surface area (Å²) >= 11 is -2.11. The Morgan fingerprint density at radius 2 is 1.53 bits per heavy atom. The first-order valence-electron chi connectivity index (χ1n) is 5.37. The lowest BCUT2D eigenvalue weighted by Crippen LogP contribution is -2.03. The summed E-state index contributed by atoms with van der Waals surface area (Å²) in [5, 5.41) is 0. The zero-order valence-corrected chi connectivity index (χ0v) is 10.3. The molecule has 15 heavy (non-hydrogen) atoms. The maximum Gasteiger partial charge on any atom is 0.0312 e. The largest absolute Gasteiger partial charge is 0.768 e. The molecule has 1 aromatic rings. The van der Waals surface area contributed by atoms with E-state index in [1.54, 1.807) is 0 Å². The van der Waals surface area contributed by atoms with Gasteiger partial charge in [0.15, 0.2) is 0 Å². The van der Waals surface area contributed by atoms with Gasteiger partial charge < -0.3 is 4.55 Å². The highest BCUT2D eigenvalue weighted by Crippen LogP contribution is 2.22. The fourth-order valence-electron chi connectivity index (χ4n) is 1.77. The van der Waals surface area contributed by atoms with Crippen molar-refractivity contribution in [2.45, 2.75) is 44.9 Å². The van der Waals surface area contributed by atoms with Crippen molar-refractivity contribution < 1.29 is 8.76 Å². The third kappa shape index (κ3) is 2.67. The molecule has 1 atom stereocenters. The number of rotatable bonds is 4. The third-order valence-electron chi connectivity index (χ3n) is 2.64. The number of aryl methyl sites for hydroxylation is 3. The Bertz CT molecular complexity index is 347. The SMILES string of the molecule is CCc1cc(CC)c(S(=O)[O-])c(CC)c1. The Hall–Kier alpha value is -0.670. The predicted octanol–water partition coefficient (Wildman–Crippen LogP) is 2.61. The molecule has 0 amide bonds. The molecular weight excluding hydrogens is 208 g/mol. The van der Waals surface area contributed by atoms with Gasteiger partial charge in [-0.1, -0.05) is 32.9 Å². The zero-order valence-electron chi connectivity index (χ0n) is 9.50. The van der Waals surface area contributed by atoms with Gasteiger partial charge in [-0.2, -0.15) is 0 Å². The summed E-state index contributed by atoms with van der Waals surface area (Å²) in [6, 6.07) is 4.01. The van der Waals surface area contributed by atoms with Crippen molar-refractivity contribution in [3.05, 3.63) is 28.8 Å². The van der Waals surface area contributed by atoms with Crippen LogP contribution in [0.25, 0.3) is 0 Å². The molecule has 0 spiro atoms. The first-order valence-corrected chi connectivity index (χ1v) is 6.45. The van der Waals surface area contributed by atoms with Gasteiger partial charge in [-0.3, -0.25) is 4.21 Å². The number of hydrogen-bond acceptors (Lipinski definition) is 2. The lowest BCUT2D eigenvalue weighted by Gasteiger charge is -2.17. The molecule has 0 bridgehead atoms. The predicted molar refractivity (Wildman–Crippen MR) is 61.8 cm³/mol. The van der Waals surface area contributed by atoms with E-state index in [9.17, 15) is 8.76 Å². The molecule has 0 radical (unpaired) electrons. The van der Waals surface area contributed by atoms with Gasteiger partial charge in [-0.05, 0) is 47.0 Å². The monoisotopic (exact) mass is 225 g/mol. The lowest BCUT2D eigenvalue weighted by molar-refractivity contribution is 0.535. The van der Waals surface area contributed by atoms with Crippen molar-refractivity contribution in [2.75, 3.05) is 0 Å². The first kappa shape index (κ1) is 12.4. The van der Waals surface area contributed by atoms with Crippen molar-refractivity contribution in [2.24, 2.45) is 0 Å². The third-order valence-corrected chi connectivity index (χ3v) is 3.50. The van der Waals surface area contributed by atoms with Gasteiger partial charge in [-0.25, -0.2) is 0 Å². The summed E-state index contributed by atoms with van der Waals surface area (Å²) in [6.45, 7) is 6.07. The van der Waals surface area contributed by atoms with Gasteiger partial charge in [0.05, 0.1) is 0 Å². The van der Waals surface area contributed by atoms with Crippen LogP contribution in [0.15, 0.2) is 17.0 Å². The Labute approximate surface area is 94.0 Å². The maximum absolute atomic E-state index is 11.2. The van der Waals surface area contributed by atoms with Crippen LogP contribution in [-0.2, 0) is 30.3 Å². The van der Waals surface area contributed by atoms with E-state index in [0.29, 0.717) is 4.90 Å². The minimum Gasteiger partial charge on any atom is -0.768 e. The molecule has 1 aromatic carbocycles. The van der Waals surface area contributed by atoms with Crippen molar-refractivity contribution in [3.8, 4) is 0 Å². The Kier molecular flexibility index (Phi) is 4.48. The van der Waals surface area contributed by atoms with Crippen LogP contribution in [-0.4, -0.2) is 8.76 Å². The van der Waals surface area contributed by atoms with Crippen molar-refractivity contribution >= 4 is 11.1 Å². The summed E-state index contributed by atoms with van der Waals surface area (Å²) in [5.41, 5.74) is 3.11. The van der Waals surface area contributed by atoms with Crippen LogP contribution < -0.4 is 0 Å². The molecule has 0 heterocycles. The van der Waals surface area contributed by atoms with E-state index in [2.05, 4.69) is 6.92 Å². The molecule has 0 N–H and O–H groups in total. The van der Waals surface area contributed by atoms with Gasteiger partial charge in [-0.15, -0.1) is 0 Å². The van der Waals surface area contributed by atoms with Crippen LogP contribution in [0, 0.1) is 0 Å². The van der Waals surface area contributed by atoms with E-state index in [1.807, 2.05) is 26.0 Å². The van der Waals surface area contributed by atoms with Gasteiger partial charge in [0.1, 0.15) is 0 Å². The summed E-state index contributed by atoms with van der Waals surface area (Å²) in [4.78, 5) is 0.511. The van der Waals surface area contributed by atoms with Gasteiger partial charge in [0.2, 0.25) is 0 Å². The molecule has 0 aliphatic heterocycles. The maximum atomic E-state index is 11.2. The molecule has 84 valence electrons. The second-order valence-corrected chi connectivity index (χ2v) is 4.42. The van der Waals surface area contributed by atoms with Crippen LogP contribution in [0.1, 0.15) is 37.5 Å². The van der Waals surface area contributed by atoms with Gasteiger partial charge in [0, 0.05) is 4.90 Å². The minimum atomic E-state index is -2.11. The molecular formula is C12H17O2S-. The summed E-state index contributed by atoms with van der Waals surface area (Å²) in [5.74, 6) is 0. The summed E-state index contributed by atoms with van der Waals surface area (Å²) in [7, 11) is 0. The van der Waals surface area contributed by atoms with E-state index in [4.69, 9.17) is 0 Å². The number of benzene rings is 1. The van der Waals surface area contributed by atoms with E-state index in [1.165, 1.54) is 5.56 Å².